The van der Waals surface area contributed by atoms with Crippen molar-refractivity contribution < 1.29 is 14.6 Å². The first-order valence-electron chi connectivity index (χ1n) is 8.27. The van der Waals surface area contributed by atoms with Crippen LogP contribution in [0.2, 0.25) is 0 Å². The van der Waals surface area contributed by atoms with Crippen molar-refractivity contribution in [1.82, 2.24) is 25.5 Å². The smallest absolute Gasteiger partial charge is 0.319 e. The minimum Gasteiger partial charge on any atom is -0.497 e. The number of carbonyl (C=O) groups is 1. The molecule has 0 spiro atoms. The molecule has 0 unspecified atom stereocenters. The fourth-order valence-corrected chi connectivity index (χ4v) is 2.51. The van der Waals surface area contributed by atoms with Gasteiger partial charge in [-0.3, -0.25) is 0 Å². The van der Waals surface area contributed by atoms with Crippen LogP contribution < -0.4 is 15.4 Å². The SMILES string of the molecule is COc1ccc([C@@H](O)CNC(=O)Nc2ccc(C)c(-n3cnnn3)c2)cc1. The van der Waals surface area contributed by atoms with E-state index in [0.717, 1.165) is 11.3 Å². The zero-order valence-corrected chi connectivity index (χ0v) is 15.0. The first-order valence-corrected chi connectivity index (χ1v) is 8.27. The van der Waals surface area contributed by atoms with Crippen LogP contribution in [0.4, 0.5) is 10.5 Å². The number of nitrogens with one attached hydrogen (secondary N) is 2. The van der Waals surface area contributed by atoms with Crippen molar-refractivity contribution in [2.75, 3.05) is 19.0 Å². The molecule has 9 nitrogen and oxygen atoms in total. The maximum Gasteiger partial charge on any atom is 0.319 e. The first kappa shape index (κ1) is 18.3. The summed E-state index contributed by atoms with van der Waals surface area (Å²) in [6, 6.07) is 12.0. The average molecular weight is 368 g/mol. The highest BCUT2D eigenvalue weighted by Crippen LogP contribution is 2.19. The van der Waals surface area contributed by atoms with Crippen molar-refractivity contribution in [3.8, 4) is 11.4 Å². The number of urea groups is 1. The van der Waals surface area contributed by atoms with Gasteiger partial charge in [0, 0.05) is 12.2 Å². The number of anilines is 1. The third-order valence-electron chi connectivity index (χ3n) is 4.02. The summed E-state index contributed by atoms with van der Waals surface area (Å²) in [5.41, 5.74) is 2.99. The molecule has 1 atom stereocenters. The summed E-state index contributed by atoms with van der Waals surface area (Å²) in [7, 11) is 1.58. The molecule has 0 bridgehead atoms. The van der Waals surface area contributed by atoms with Crippen molar-refractivity contribution in [2.24, 2.45) is 0 Å². The van der Waals surface area contributed by atoms with Gasteiger partial charge in [0.2, 0.25) is 0 Å². The van der Waals surface area contributed by atoms with E-state index in [1.165, 1.54) is 11.0 Å². The number of nitrogens with zero attached hydrogens (tertiary/aromatic N) is 4. The molecule has 3 N–H and O–H groups in total. The lowest BCUT2D eigenvalue weighted by atomic mass is 10.1. The van der Waals surface area contributed by atoms with Crippen molar-refractivity contribution in [1.29, 1.82) is 0 Å². The molecule has 0 saturated heterocycles. The van der Waals surface area contributed by atoms with E-state index in [0.29, 0.717) is 17.0 Å². The molecule has 0 fully saturated rings. The Morgan fingerprint density at radius 3 is 2.70 bits per heavy atom. The highest BCUT2D eigenvalue weighted by molar-refractivity contribution is 5.89. The van der Waals surface area contributed by atoms with Crippen LogP contribution in [-0.2, 0) is 0 Å². The van der Waals surface area contributed by atoms with Crippen LogP contribution in [0.1, 0.15) is 17.2 Å². The molecule has 9 heteroatoms. The van der Waals surface area contributed by atoms with Crippen molar-refractivity contribution in [3.63, 3.8) is 0 Å². The molecule has 3 rings (SSSR count). The summed E-state index contributed by atoms with van der Waals surface area (Å²) in [4.78, 5) is 12.1. The zero-order valence-electron chi connectivity index (χ0n) is 15.0. The number of aromatic nitrogens is 4. The first-order chi connectivity index (χ1) is 13.1. The standard InChI is InChI=1S/C18H20N6O3/c1-12-3-6-14(9-16(12)24-11-20-22-23-24)21-18(26)19-10-17(25)13-4-7-15(27-2)8-5-13/h3-9,11,17,25H,10H2,1-2H3,(H2,19,21,26)/t17-/m0/s1. The van der Waals surface area contributed by atoms with Gasteiger partial charge >= 0.3 is 6.03 Å². The number of aliphatic hydroxyl groups is 1. The average Bonchev–Trinajstić information content (AvgIpc) is 3.22. The fourth-order valence-electron chi connectivity index (χ4n) is 2.51. The van der Waals surface area contributed by atoms with Gasteiger partial charge in [-0.15, -0.1) is 5.10 Å². The molecule has 27 heavy (non-hydrogen) atoms. The van der Waals surface area contributed by atoms with Crippen LogP contribution >= 0.6 is 0 Å². The van der Waals surface area contributed by atoms with E-state index in [4.69, 9.17) is 4.74 Å². The van der Waals surface area contributed by atoms with Crippen molar-refractivity contribution >= 4 is 11.7 Å². The molecule has 140 valence electrons. The van der Waals surface area contributed by atoms with Crippen LogP contribution in [0.25, 0.3) is 5.69 Å². The third kappa shape index (κ3) is 4.59. The van der Waals surface area contributed by atoms with Crippen LogP contribution in [0.5, 0.6) is 5.75 Å². The number of rotatable bonds is 6. The number of ether oxygens (including phenoxy) is 1. The Labute approximate surface area is 156 Å². The van der Waals surface area contributed by atoms with Gasteiger partial charge in [0.05, 0.1) is 18.9 Å². The van der Waals surface area contributed by atoms with E-state index in [-0.39, 0.29) is 6.54 Å². The Hall–Kier alpha value is -3.46. The van der Waals surface area contributed by atoms with E-state index >= 15 is 0 Å². The molecule has 0 aliphatic rings. The Morgan fingerprint density at radius 2 is 2.04 bits per heavy atom. The number of aryl methyl sites for hydroxylation is 1. The second kappa shape index (κ2) is 8.28. The summed E-state index contributed by atoms with van der Waals surface area (Å²) in [5, 5.41) is 26.7. The number of amides is 2. The Balaban J connectivity index is 1.58. The molecule has 2 aromatic carbocycles. The minimum absolute atomic E-state index is 0.0733. The number of methoxy groups -OCH3 is 1. The van der Waals surface area contributed by atoms with Crippen LogP contribution in [0, 0.1) is 6.92 Å². The molecule has 2 amide bonds. The minimum atomic E-state index is -0.823. The molecule has 3 aromatic rings. The summed E-state index contributed by atoms with van der Waals surface area (Å²) in [5.74, 6) is 0.703. The van der Waals surface area contributed by atoms with Crippen molar-refractivity contribution in [2.45, 2.75) is 13.0 Å². The van der Waals surface area contributed by atoms with Gasteiger partial charge in [0.15, 0.2) is 0 Å². The Kier molecular flexibility index (Phi) is 5.62. The van der Waals surface area contributed by atoms with E-state index < -0.39 is 12.1 Å². The maximum atomic E-state index is 12.1. The largest absolute Gasteiger partial charge is 0.497 e. The Morgan fingerprint density at radius 1 is 1.26 bits per heavy atom. The lowest BCUT2D eigenvalue weighted by Crippen LogP contribution is -2.32. The normalized spacial score (nSPS) is 11.7. The Bertz CT molecular complexity index is 896. The number of tetrazole rings is 1. The highest BCUT2D eigenvalue weighted by Gasteiger charge is 2.11. The lowest BCUT2D eigenvalue weighted by molar-refractivity contribution is 0.175. The second-order valence-electron chi connectivity index (χ2n) is 5.88. The van der Waals surface area contributed by atoms with Gasteiger partial charge in [-0.25, -0.2) is 9.48 Å². The molecule has 1 heterocycles. The van der Waals surface area contributed by atoms with E-state index in [1.54, 1.807) is 43.5 Å². The summed E-state index contributed by atoms with van der Waals surface area (Å²) < 4.78 is 6.60. The maximum absolute atomic E-state index is 12.1. The molecule has 0 radical (unpaired) electrons. The molecular weight excluding hydrogens is 348 g/mol. The molecule has 1 aromatic heterocycles. The number of benzene rings is 2. The monoisotopic (exact) mass is 368 g/mol. The molecule has 0 aliphatic heterocycles. The predicted octanol–water partition coefficient (Wildman–Crippen LogP) is 1.83. The second-order valence-corrected chi connectivity index (χ2v) is 5.88. The fraction of sp³-hybridized carbons (Fsp3) is 0.222. The van der Waals surface area contributed by atoms with E-state index in [2.05, 4.69) is 26.2 Å². The van der Waals surface area contributed by atoms with Gasteiger partial charge in [0.1, 0.15) is 12.1 Å². The quantitative estimate of drug-likeness (QED) is 0.612. The van der Waals surface area contributed by atoms with Gasteiger partial charge < -0.3 is 20.5 Å². The number of carbonyl (C=O) groups excluding carboxylic acids is 1. The molecular formula is C18H20N6O3. The molecule has 0 saturated carbocycles. The van der Waals surface area contributed by atoms with E-state index in [1.807, 2.05) is 13.0 Å². The topological polar surface area (TPSA) is 114 Å². The highest BCUT2D eigenvalue weighted by atomic mass is 16.5. The zero-order chi connectivity index (χ0) is 19.2. The number of aliphatic hydroxyl groups excluding tert-OH is 1. The van der Waals surface area contributed by atoms with Crippen molar-refractivity contribution in [3.05, 3.63) is 59.9 Å². The third-order valence-corrected chi connectivity index (χ3v) is 4.02. The number of hydrogen-bond acceptors (Lipinski definition) is 6. The molecule has 0 aliphatic carbocycles. The lowest BCUT2D eigenvalue weighted by Gasteiger charge is -2.14. The van der Waals surface area contributed by atoms with Gasteiger partial charge in [-0.05, 0) is 52.7 Å². The van der Waals surface area contributed by atoms with Crippen LogP contribution in [0.3, 0.4) is 0 Å². The summed E-state index contributed by atoms with van der Waals surface area (Å²) in [6.07, 6.45) is 0.661. The van der Waals surface area contributed by atoms with Crippen LogP contribution in [-0.4, -0.2) is 45.0 Å². The predicted molar refractivity (Wildman–Crippen MR) is 98.9 cm³/mol. The van der Waals surface area contributed by atoms with Gasteiger partial charge in [-0.2, -0.15) is 0 Å². The van der Waals surface area contributed by atoms with E-state index in [9.17, 15) is 9.90 Å². The van der Waals surface area contributed by atoms with Crippen LogP contribution in [0.15, 0.2) is 48.8 Å². The van der Waals surface area contributed by atoms with Gasteiger partial charge in [-0.1, -0.05) is 18.2 Å². The van der Waals surface area contributed by atoms with Gasteiger partial charge in [0.25, 0.3) is 0 Å². The summed E-state index contributed by atoms with van der Waals surface area (Å²) in [6.45, 7) is 2.00. The summed E-state index contributed by atoms with van der Waals surface area (Å²) >= 11 is 0. The number of hydrogen-bond donors (Lipinski definition) is 3.